The van der Waals surface area contributed by atoms with Crippen molar-refractivity contribution in [3.05, 3.63) is 48.2 Å². The first-order valence-corrected chi connectivity index (χ1v) is 12.8. The van der Waals surface area contributed by atoms with Crippen molar-refractivity contribution < 1.29 is 14.3 Å². The molecule has 0 spiro atoms. The zero-order valence-electron chi connectivity index (χ0n) is 20.7. The fraction of sp³-hybridized carbons (Fsp3) is 0.519. The minimum Gasteiger partial charge on any atom is -0.491 e. The average molecular weight is 480 g/mol. The SMILES string of the molecule is CN1CCCC(CNC(=O)CN2CCCCCCOc3ccccc3Nc3ncccc3C2=O)C1. The van der Waals surface area contributed by atoms with Gasteiger partial charge < -0.3 is 25.2 Å². The van der Waals surface area contributed by atoms with Crippen LogP contribution < -0.4 is 15.4 Å². The summed E-state index contributed by atoms with van der Waals surface area (Å²) in [6.07, 6.45) is 7.71. The van der Waals surface area contributed by atoms with Gasteiger partial charge in [-0.15, -0.1) is 0 Å². The van der Waals surface area contributed by atoms with Gasteiger partial charge in [-0.2, -0.15) is 0 Å². The van der Waals surface area contributed by atoms with Crippen LogP contribution in [0.3, 0.4) is 0 Å². The quantitative estimate of drug-likeness (QED) is 0.696. The molecule has 2 aromatic rings. The van der Waals surface area contributed by atoms with E-state index in [-0.39, 0.29) is 18.4 Å². The second-order valence-electron chi connectivity index (χ2n) is 9.58. The third-order valence-corrected chi connectivity index (χ3v) is 6.69. The number of piperidine rings is 1. The molecule has 2 aliphatic rings. The highest BCUT2D eigenvalue weighted by atomic mass is 16.5. The molecular formula is C27H37N5O3. The van der Waals surface area contributed by atoms with Crippen molar-refractivity contribution >= 4 is 23.3 Å². The number of para-hydroxylation sites is 2. The van der Waals surface area contributed by atoms with E-state index in [0.717, 1.165) is 63.1 Å². The Hall–Kier alpha value is -3.13. The van der Waals surface area contributed by atoms with E-state index in [2.05, 4.69) is 27.6 Å². The van der Waals surface area contributed by atoms with Crippen molar-refractivity contribution in [3.63, 3.8) is 0 Å². The maximum Gasteiger partial charge on any atom is 0.258 e. The van der Waals surface area contributed by atoms with Crippen molar-refractivity contribution in [2.75, 3.05) is 51.7 Å². The number of hydrogen-bond acceptors (Lipinski definition) is 6. The molecule has 1 aromatic carbocycles. The highest BCUT2D eigenvalue weighted by Crippen LogP contribution is 2.29. The number of nitrogens with zero attached hydrogens (tertiary/aromatic N) is 3. The second kappa shape index (κ2) is 12.5. The summed E-state index contributed by atoms with van der Waals surface area (Å²) in [4.78, 5) is 34.9. The van der Waals surface area contributed by atoms with E-state index in [9.17, 15) is 9.59 Å². The molecule has 2 N–H and O–H groups in total. The Balaban J connectivity index is 1.49. The Kier molecular flexibility index (Phi) is 8.95. The first-order chi connectivity index (χ1) is 17.1. The molecule has 2 aliphatic heterocycles. The van der Waals surface area contributed by atoms with Crippen LogP contribution in [0.4, 0.5) is 11.5 Å². The molecule has 1 fully saturated rings. The van der Waals surface area contributed by atoms with E-state index < -0.39 is 0 Å². The summed E-state index contributed by atoms with van der Waals surface area (Å²) in [5.74, 6) is 1.36. The third kappa shape index (κ3) is 7.18. The van der Waals surface area contributed by atoms with Gasteiger partial charge in [0.15, 0.2) is 0 Å². The number of likely N-dealkylation sites (tertiary alicyclic amines) is 1. The summed E-state index contributed by atoms with van der Waals surface area (Å²) < 4.78 is 5.99. The summed E-state index contributed by atoms with van der Waals surface area (Å²) in [6, 6.07) is 11.2. The summed E-state index contributed by atoms with van der Waals surface area (Å²) in [5.41, 5.74) is 1.21. The van der Waals surface area contributed by atoms with Crippen LogP contribution in [0.1, 0.15) is 48.9 Å². The molecule has 0 radical (unpaired) electrons. The van der Waals surface area contributed by atoms with Gasteiger partial charge in [-0.25, -0.2) is 4.98 Å². The molecule has 0 aliphatic carbocycles. The normalized spacial score (nSPS) is 20.0. The molecule has 3 heterocycles. The highest BCUT2D eigenvalue weighted by molar-refractivity contribution is 6.01. The number of carbonyl (C=O) groups is 2. The van der Waals surface area contributed by atoms with Gasteiger partial charge in [0.2, 0.25) is 5.91 Å². The van der Waals surface area contributed by atoms with Crippen LogP contribution in [-0.2, 0) is 4.79 Å². The topological polar surface area (TPSA) is 86.8 Å². The number of carbonyl (C=O) groups excluding carboxylic acids is 2. The van der Waals surface area contributed by atoms with Crippen molar-refractivity contribution in [1.82, 2.24) is 20.1 Å². The number of ether oxygens (including phenoxy) is 1. The number of anilines is 2. The summed E-state index contributed by atoms with van der Waals surface area (Å²) in [6.45, 7) is 3.99. The predicted octanol–water partition coefficient (Wildman–Crippen LogP) is 3.68. The lowest BCUT2D eigenvalue weighted by Crippen LogP contribution is -2.44. The molecule has 2 amide bonds. The largest absolute Gasteiger partial charge is 0.491 e. The molecule has 4 rings (SSSR count). The first kappa shape index (κ1) is 25.0. The monoisotopic (exact) mass is 479 g/mol. The number of nitrogens with one attached hydrogen (secondary N) is 2. The molecular weight excluding hydrogens is 442 g/mol. The molecule has 8 nitrogen and oxygen atoms in total. The lowest BCUT2D eigenvalue weighted by atomic mass is 9.98. The van der Waals surface area contributed by atoms with E-state index in [1.165, 1.54) is 0 Å². The minimum absolute atomic E-state index is 0.0510. The average Bonchev–Trinajstić information content (AvgIpc) is 2.86. The van der Waals surface area contributed by atoms with Crippen molar-refractivity contribution in [2.24, 2.45) is 5.92 Å². The molecule has 0 saturated carbocycles. The van der Waals surface area contributed by atoms with Gasteiger partial charge in [-0.1, -0.05) is 25.0 Å². The fourth-order valence-corrected chi connectivity index (χ4v) is 4.79. The molecule has 8 heteroatoms. The zero-order chi connectivity index (χ0) is 24.5. The summed E-state index contributed by atoms with van der Waals surface area (Å²) >= 11 is 0. The van der Waals surface area contributed by atoms with Crippen LogP contribution in [0, 0.1) is 5.92 Å². The maximum absolute atomic E-state index is 13.6. The lowest BCUT2D eigenvalue weighted by Gasteiger charge is -2.30. The molecule has 1 atom stereocenters. The number of fused-ring (bicyclic) bond motifs is 2. The summed E-state index contributed by atoms with van der Waals surface area (Å²) in [7, 11) is 2.12. The number of amides is 2. The van der Waals surface area contributed by atoms with E-state index in [1.807, 2.05) is 24.3 Å². The van der Waals surface area contributed by atoms with Crippen LogP contribution in [-0.4, -0.2) is 73.0 Å². The van der Waals surface area contributed by atoms with Gasteiger partial charge in [0.05, 0.1) is 24.4 Å². The molecule has 1 unspecified atom stereocenters. The van der Waals surface area contributed by atoms with E-state index in [4.69, 9.17) is 4.74 Å². The second-order valence-corrected chi connectivity index (χ2v) is 9.58. The number of aromatic nitrogens is 1. The van der Waals surface area contributed by atoms with Gasteiger partial charge in [0.1, 0.15) is 11.6 Å². The van der Waals surface area contributed by atoms with Gasteiger partial charge in [0, 0.05) is 25.8 Å². The smallest absolute Gasteiger partial charge is 0.258 e. The molecule has 35 heavy (non-hydrogen) atoms. The Morgan fingerprint density at radius 1 is 1.11 bits per heavy atom. The standard InChI is InChI=1S/C27H37N5O3/c1-31-15-9-10-21(19-31)18-29-25(33)20-32-16-6-2-3-7-17-35-24-13-5-4-12-23(24)30-26-22(27(32)34)11-8-14-28-26/h4-5,8,11-14,21H,2-3,6-7,9-10,15-20H2,1H3,(H,28,30)(H,29,33). The van der Waals surface area contributed by atoms with Gasteiger partial charge in [-0.3, -0.25) is 9.59 Å². The van der Waals surface area contributed by atoms with Crippen LogP contribution in [0.2, 0.25) is 0 Å². The lowest BCUT2D eigenvalue weighted by molar-refractivity contribution is -0.122. The van der Waals surface area contributed by atoms with Gasteiger partial charge in [0.25, 0.3) is 5.91 Å². The van der Waals surface area contributed by atoms with Crippen LogP contribution >= 0.6 is 0 Å². The molecule has 1 saturated heterocycles. The van der Waals surface area contributed by atoms with E-state index >= 15 is 0 Å². The number of hydrogen-bond donors (Lipinski definition) is 2. The highest BCUT2D eigenvalue weighted by Gasteiger charge is 2.24. The Labute approximate surface area is 208 Å². The van der Waals surface area contributed by atoms with Crippen molar-refractivity contribution in [3.8, 4) is 5.75 Å². The molecule has 1 aromatic heterocycles. The van der Waals surface area contributed by atoms with Crippen molar-refractivity contribution in [1.29, 1.82) is 0 Å². The number of rotatable bonds is 4. The molecule has 0 bridgehead atoms. The number of benzene rings is 1. The third-order valence-electron chi connectivity index (χ3n) is 6.69. The van der Waals surface area contributed by atoms with Crippen LogP contribution in [0.15, 0.2) is 42.6 Å². The predicted molar refractivity (Wildman–Crippen MR) is 137 cm³/mol. The van der Waals surface area contributed by atoms with Gasteiger partial charge >= 0.3 is 0 Å². The Morgan fingerprint density at radius 2 is 1.97 bits per heavy atom. The zero-order valence-corrected chi connectivity index (χ0v) is 20.7. The van der Waals surface area contributed by atoms with Gasteiger partial charge in [-0.05, 0) is 69.5 Å². The fourth-order valence-electron chi connectivity index (χ4n) is 4.79. The van der Waals surface area contributed by atoms with E-state index in [0.29, 0.717) is 37.0 Å². The minimum atomic E-state index is -0.191. The maximum atomic E-state index is 13.6. The van der Waals surface area contributed by atoms with Crippen LogP contribution in [0.5, 0.6) is 5.75 Å². The molecule has 188 valence electrons. The number of pyridine rings is 1. The van der Waals surface area contributed by atoms with E-state index in [1.54, 1.807) is 23.2 Å². The van der Waals surface area contributed by atoms with Crippen molar-refractivity contribution in [2.45, 2.75) is 38.5 Å². The first-order valence-electron chi connectivity index (χ1n) is 12.8. The Bertz CT molecular complexity index is 998. The van der Waals surface area contributed by atoms with Crippen LogP contribution in [0.25, 0.3) is 0 Å². The Morgan fingerprint density at radius 3 is 2.86 bits per heavy atom. The summed E-state index contributed by atoms with van der Waals surface area (Å²) in [5, 5.41) is 6.36.